The molecule has 3 atom stereocenters. The van der Waals surface area contributed by atoms with Crippen LogP contribution in [0.2, 0.25) is 0 Å². The van der Waals surface area contributed by atoms with Gasteiger partial charge in [0.05, 0.1) is 16.8 Å². The summed E-state index contributed by atoms with van der Waals surface area (Å²) in [4.78, 5) is 10.2. The average Bonchev–Trinajstić information content (AvgIpc) is 3.57. The minimum atomic E-state index is -0.369. The van der Waals surface area contributed by atoms with Crippen LogP contribution in [0.4, 0.5) is 0 Å². The van der Waals surface area contributed by atoms with Gasteiger partial charge in [-0.25, -0.2) is 9.97 Å². The van der Waals surface area contributed by atoms with Gasteiger partial charge in [0, 0.05) is 39.7 Å². The van der Waals surface area contributed by atoms with Gasteiger partial charge >= 0.3 is 0 Å². The SMILES string of the molecule is C1=CC2c3ccccc3C3(c4ccccc4Oc4cc(-c5ccccc5-c5cccc(-c6nc(-c7ccccc7)cc(-c7ccccc7)n6)c5)ccc43)C2C=C1. The van der Waals surface area contributed by atoms with Gasteiger partial charge in [-0.15, -0.1) is 0 Å². The number of aromatic nitrogens is 2. The summed E-state index contributed by atoms with van der Waals surface area (Å²) in [6.07, 6.45) is 9.21. The van der Waals surface area contributed by atoms with E-state index in [1.165, 1.54) is 22.3 Å². The molecule has 11 rings (SSSR count). The second-order valence-electron chi connectivity index (χ2n) is 14.8. The second-order valence-corrected chi connectivity index (χ2v) is 14.8. The fourth-order valence-electron chi connectivity index (χ4n) is 9.44. The maximum atomic E-state index is 6.88. The molecule has 56 heavy (non-hydrogen) atoms. The van der Waals surface area contributed by atoms with Crippen molar-refractivity contribution in [2.75, 3.05) is 0 Å². The molecule has 3 unspecified atom stereocenters. The molecule has 1 aliphatic heterocycles. The highest BCUT2D eigenvalue weighted by atomic mass is 16.5. The molecule has 3 aliphatic rings. The maximum Gasteiger partial charge on any atom is 0.160 e. The molecule has 1 aromatic heterocycles. The summed E-state index contributed by atoms with van der Waals surface area (Å²) in [5.74, 6) is 3.05. The summed E-state index contributed by atoms with van der Waals surface area (Å²) in [6, 6.07) is 64.5. The van der Waals surface area contributed by atoms with Gasteiger partial charge in [0.25, 0.3) is 0 Å². The van der Waals surface area contributed by atoms with Crippen LogP contribution in [0.1, 0.15) is 28.2 Å². The Morgan fingerprint density at radius 1 is 0.411 bits per heavy atom. The molecule has 0 saturated heterocycles. The van der Waals surface area contributed by atoms with E-state index in [1.807, 2.05) is 12.1 Å². The number of hydrogen-bond donors (Lipinski definition) is 0. The predicted molar refractivity (Wildman–Crippen MR) is 227 cm³/mol. The Morgan fingerprint density at radius 2 is 0.982 bits per heavy atom. The number of ether oxygens (including phenoxy) is 1. The van der Waals surface area contributed by atoms with Gasteiger partial charge in [-0.3, -0.25) is 0 Å². The lowest BCUT2D eigenvalue weighted by molar-refractivity contribution is 0.374. The van der Waals surface area contributed by atoms with Crippen molar-refractivity contribution in [3.63, 3.8) is 0 Å². The predicted octanol–water partition coefficient (Wildman–Crippen LogP) is 13.1. The van der Waals surface area contributed by atoms with Crippen LogP contribution in [0, 0.1) is 5.92 Å². The third-order valence-electron chi connectivity index (χ3n) is 11.9. The van der Waals surface area contributed by atoms with Crippen molar-refractivity contribution in [3.8, 4) is 67.7 Å². The maximum absolute atomic E-state index is 6.88. The van der Waals surface area contributed by atoms with Gasteiger partial charge in [0.2, 0.25) is 0 Å². The minimum Gasteiger partial charge on any atom is -0.457 e. The monoisotopic (exact) mass is 716 g/mol. The lowest BCUT2D eigenvalue weighted by atomic mass is 9.62. The molecule has 0 fully saturated rings. The van der Waals surface area contributed by atoms with E-state index in [0.717, 1.165) is 61.8 Å². The molecule has 2 heterocycles. The van der Waals surface area contributed by atoms with Crippen LogP contribution in [0.15, 0.2) is 206 Å². The Labute approximate surface area is 327 Å². The molecule has 2 aliphatic carbocycles. The average molecular weight is 717 g/mol. The Morgan fingerprint density at radius 3 is 1.73 bits per heavy atom. The first-order chi connectivity index (χ1) is 27.8. The van der Waals surface area contributed by atoms with E-state index in [4.69, 9.17) is 14.7 Å². The van der Waals surface area contributed by atoms with Crippen LogP contribution < -0.4 is 4.74 Å². The fourth-order valence-corrected chi connectivity index (χ4v) is 9.44. The second kappa shape index (κ2) is 13.0. The van der Waals surface area contributed by atoms with Gasteiger partial charge in [0.15, 0.2) is 5.82 Å². The Kier molecular flexibility index (Phi) is 7.53. The van der Waals surface area contributed by atoms with Crippen LogP contribution in [-0.4, -0.2) is 9.97 Å². The lowest BCUT2D eigenvalue weighted by Crippen LogP contribution is -2.37. The number of para-hydroxylation sites is 1. The van der Waals surface area contributed by atoms with Crippen molar-refractivity contribution < 1.29 is 4.74 Å². The van der Waals surface area contributed by atoms with E-state index in [-0.39, 0.29) is 11.3 Å². The van der Waals surface area contributed by atoms with Crippen molar-refractivity contribution >= 4 is 0 Å². The van der Waals surface area contributed by atoms with E-state index in [0.29, 0.717) is 11.7 Å². The zero-order valence-electron chi connectivity index (χ0n) is 30.6. The molecule has 0 bridgehead atoms. The number of fused-ring (bicyclic) bond motifs is 9. The van der Waals surface area contributed by atoms with Gasteiger partial charge < -0.3 is 4.74 Å². The van der Waals surface area contributed by atoms with E-state index in [2.05, 4.69) is 194 Å². The van der Waals surface area contributed by atoms with E-state index < -0.39 is 0 Å². The standard InChI is InChI=1S/C53H36N2O/c1-3-16-35(17-4-1)48-34-49(36-18-5-2-6-19-36)55-52(54-48)39-21-15-20-37(32-39)40-22-7-8-23-41(40)38-30-31-47-51(33-38)56-50-29-14-13-28-46(50)53(47)44-26-11-9-24-42(44)43-25-10-12-27-45(43)53/h1-34,42,44H. The van der Waals surface area contributed by atoms with Crippen molar-refractivity contribution in [2.45, 2.75) is 11.3 Å². The molecule has 3 heteroatoms. The molecule has 0 radical (unpaired) electrons. The molecule has 0 N–H and O–H groups in total. The third kappa shape index (κ3) is 5.05. The molecule has 7 aromatic carbocycles. The number of rotatable bonds is 5. The zero-order valence-corrected chi connectivity index (χ0v) is 30.6. The van der Waals surface area contributed by atoms with Crippen LogP contribution in [0.25, 0.3) is 56.2 Å². The molecule has 0 saturated carbocycles. The molecular weight excluding hydrogens is 681 g/mol. The summed E-state index contributed by atoms with van der Waals surface area (Å²) in [7, 11) is 0. The minimum absolute atomic E-state index is 0.236. The van der Waals surface area contributed by atoms with E-state index in [9.17, 15) is 0 Å². The molecule has 264 valence electrons. The first-order valence-corrected chi connectivity index (χ1v) is 19.3. The van der Waals surface area contributed by atoms with Crippen LogP contribution >= 0.6 is 0 Å². The van der Waals surface area contributed by atoms with Gasteiger partial charge in [-0.2, -0.15) is 0 Å². The first kappa shape index (κ1) is 32.3. The van der Waals surface area contributed by atoms with Crippen molar-refractivity contribution in [2.24, 2.45) is 5.92 Å². The van der Waals surface area contributed by atoms with Crippen molar-refractivity contribution in [1.29, 1.82) is 0 Å². The smallest absolute Gasteiger partial charge is 0.160 e. The highest BCUT2D eigenvalue weighted by Gasteiger charge is 2.56. The lowest BCUT2D eigenvalue weighted by Gasteiger charge is -2.43. The normalized spacial score (nSPS) is 18.4. The number of hydrogen-bond acceptors (Lipinski definition) is 3. The Balaban J connectivity index is 1.04. The van der Waals surface area contributed by atoms with Crippen LogP contribution in [0.5, 0.6) is 11.5 Å². The third-order valence-corrected chi connectivity index (χ3v) is 11.9. The van der Waals surface area contributed by atoms with Gasteiger partial charge in [0.1, 0.15) is 11.5 Å². The summed E-state index contributed by atoms with van der Waals surface area (Å²) in [6.45, 7) is 0. The number of allylic oxidation sites excluding steroid dienone is 4. The Hall–Kier alpha value is -7.10. The number of nitrogens with zero attached hydrogens (tertiary/aromatic N) is 2. The Bertz CT molecular complexity index is 2800. The topological polar surface area (TPSA) is 35.0 Å². The largest absolute Gasteiger partial charge is 0.457 e. The van der Waals surface area contributed by atoms with Crippen LogP contribution in [0.3, 0.4) is 0 Å². The molecule has 1 spiro atoms. The van der Waals surface area contributed by atoms with Crippen molar-refractivity contribution in [3.05, 3.63) is 229 Å². The summed E-state index contributed by atoms with van der Waals surface area (Å²) in [5.41, 5.74) is 14.2. The van der Waals surface area contributed by atoms with Gasteiger partial charge in [-0.1, -0.05) is 182 Å². The van der Waals surface area contributed by atoms with Crippen molar-refractivity contribution in [1.82, 2.24) is 9.97 Å². The summed E-state index contributed by atoms with van der Waals surface area (Å²) < 4.78 is 6.88. The van der Waals surface area contributed by atoms with Crippen LogP contribution in [-0.2, 0) is 5.41 Å². The molecular formula is C53H36N2O. The molecule has 3 nitrogen and oxygen atoms in total. The summed E-state index contributed by atoms with van der Waals surface area (Å²) in [5, 5.41) is 0. The van der Waals surface area contributed by atoms with E-state index in [1.54, 1.807) is 0 Å². The zero-order chi connectivity index (χ0) is 37.1. The number of benzene rings is 7. The highest BCUT2D eigenvalue weighted by molar-refractivity contribution is 5.86. The fraction of sp³-hybridized carbons (Fsp3) is 0.0566. The van der Waals surface area contributed by atoms with E-state index >= 15 is 0 Å². The molecule has 0 amide bonds. The molecule has 8 aromatic rings. The summed E-state index contributed by atoms with van der Waals surface area (Å²) >= 11 is 0. The first-order valence-electron chi connectivity index (χ1n) is 19.3. The van der Waals surface area contributed by atoms with Gasteiger partial charge in [-0.05, 0) is 57.6 Å². The highest BCUT2D eigenvalue weighted by Crippen LogP contribution is 2.64. The quantitative estimate of drug-likeness (QED) is 0.178.